The number of hydrogen-bond acceptors (Lipinski definition) is 4. The molecule has 2 aromatic carbocycles. The van der Waals surface area contributed by atoms with Crippen LogP contribution in [0.15, 0.2) is 70.0 Å². The number of aliphatic hydroxyl groups is 1. The minimum absolute atomic E-state index is 0.114. The second-order valence-corrected chi connectivity index (χ2v) is 8.31. The van der Waals surface area contributed by atoms with Gasteiger partial charge in [0.1, 0.15) is 11.5 Å². The van der Waals surface area contributed by atoms with E-state index in [1.807, 2.05) is 12.1 Å². The largest absolute Gasteiger partial charge is 0.461 e. The van der Waals surface area contributed by atoms with Gasteiger partial charge in [0, 0.05) is 22.6 Å². The number of fused-ring (bicyclic) bond motifs is 1. The van der Waals surface area contributed by atoms with Crippen LogP contribution in [0.25, 0.3) is 11.3 Å². The van der Waals surface area contributed by atoms with E-state index in [-0.39, 0.29) is 11.3 Å². The Morgan fingerprint density at radius 1 is 1.08 bits per heavy atom. The van der Waals surface area contributed by atoms with E-state index in [1.165, 1.54) is 6.07 Å². The van der Waals surface area contributed by atoms with Crippen molar-refractivity contribution in [1.82, 2.24) is 4.72 Å². The van der Waals surface area contributed by atoms with Gasteiger partial charge in [0.2, 0.25) is 10.0 Å². The van der Waals surface area contributed by atoms with Crippen molar-refractivity contribution in [3.8, 4) is 11.3 Å². The molecule has 134 valence electrons. The lowest BCUT2D eigenvalue weighted by Gasteiger charge is -2.30. The zero-order chi connectivity index (χ0) is 18.3. The predicted molar refractivity (Wildman–Crippen MR) is 98.4 cm³/mol. The minimum Gasteiger partial charge on any atom is -0.461 e. The summed E-state index contributed by atoms with van der Waals surface area (Å²) in [5.74, 6) is 1.21. The van der Waals surface area contributed by atoms with Crippen LogP contribution in [0, 0.1) is 0 Å². The second kappa shape index (κ2) is 6.55. The van der Waals surface area contributed by atoms with Crippen molar-refractivity contribution < 1.29 is 17.9 Å². The van der Waals surface area contributed by atoms with Gasteiger partial charge in [0.25, 0.3) is 0 Å². The van der Waals surface area contributed by atoms with Crippen molar-refractivity contribution in [2.45, 2.75) is 23.5 Å². The molecule has 0 fully saturated rings. The Morgan fingerprint density at radius 3 is 2.69 bits per heavy atom. The molecule has 4 rings (SSSR count). The monoisotopic (exact) mass is 389 g/mol. The maximum atomic E-state index is 12.4. The predicted octanol–water partition coefficient (Wildman–Crippen LogP) is 3.54. The van der Waals surface area contributed by atoms with Crippen LogP contribution in [-0.4, -0.2) is 19.6 Å². The van der Waals surface area contributed by atoms with Crippen molar-refractivity contribution >= 4 is 21.6 Å². The summed E-state index contributed by atoms with van der Waals surface area (Å²) < 4.78 is 33.2. The summed E-state index contributed by atoms with van der Waals surface area (Å²) in [5.41, 5.74) is 1.23. The van der Waals surface area contributed by atoms with Crippen LogP contribution in [0.1, 0.15) is 17.4 Å². The van der Waals surface area contributed by atoms with E-state index in [0.29, 0.717) is 22.1 Å². The summed E-state index contributed by atoms with van der Waals surface area (Å²) in [7, 11) is -3.66. The highest BCUT2D eigenvalue weighted by Gasteiger charge is 2.36. The highest BCUT2D eigenvalue weighted by Crippen LogP contribution is 2.32. The third-order valence-corrected chi connectivity index (χ3v) is 6.21. The number of benzene rings is 2. The lowest BCUT2D eigenvalue weighted by atomic mass is 9.99. The molecular formula is C19H16ClNO4S. The zero-order valence-electron chi connectivity index (χ0n) is 13.6. The third-order valence-electron chi connectivity index (χ3n) is 4.41. The van der Waals surface area contributed by atoms with Gasteiger partial charge < -0.3 is 9.52 Å². The topological polar surface area (TPSA) is 79.5 Å². The van der Waals surface area contributed by atoms with Crippen molar-refractivity contribution in [3.63, 3.8) is 0 Å². The van der Waals surface area contributed by atoms with Gasteiger partial charge in [0.05, 0.1) is 17.0 Å². The lowest BCUT2D eigenvalue weighted by Crippen LogP contribution is -2.45. The summed E-state index contributed by atoms with van der Waals surface area (Å²) in [6.45, 7) is 0. The summed E-state index contributed by atoms with van der Waals surface area (Å²) >= 11 is 6.00. The second-order valence-electron chi connectivity index (χ2n) is 6.19. The first-order valence-corrected chi connectivity index (χ1v) is 9.94. The van der Waals surface area contributed by atoms with Gasteiger partial charge in [-0.05, 0) is 30.3 Å². The molecule has 7 heteroatoms. The molecule has 0 aliphatic carbocycles. The first kappa shape index (κ1) is 17.3. The van der Waals surface area contributed by atoms with E-state index in [1.54, 1.807) is 42.5 Å². The Morgan fingerprint density at radius 2 is 1.88 bits per heavy atom. The van der Waals surface area contributed by atoms with Crippen LogP contribution in [0.2, 0.25) is 5.02 Å². The number of sulfonamides is 1. The Labute approximate surface area is 156 Å². The molecule has 0 bridgehead atoms. The van der Waals surface area contributed by atoms with Crippen molar-refractivity contribution in [3.05, 3.63) is 77.0 Å². The van der Waals surface area contributed by atoms with E-state index in [4.69, 9.17) is 16.0 Å². The van der Waals surface area contributed by atoms with Gasteiger partial charge in [-0.2, -0.15) is 0 Å². The highest BCUT2D eigenvalue weighted by molar-refractivity contribution is 7.89. The quantitative estimate of drug-likeness (QED) is 0.718. The van der Waals surface area contributed by atoms with Gasteiger partial charge in [-0.3, -0.25) is 0 Å². The first-order valence-electron chi connectivity index (χ1n) is 8.08. The van der Waals surface area contributed by atoms with Gasteiger partial charge >= 0.3 is 0 Å². The van der Waals surface area contributed by atoms with E-state index in [9.17, 15) is 13.5 Å². The van der Waals surface area contributed by atoms with Crippen LogP contribution in [0.3, 0.4) is 0 Å². The fourth-order valence-corrected chi connectivity index (χ4v) is 4.85. The Balaban J connectivity index is 1.61. The molecule has 0 amide bonds. The SMILES string of the molecule is O=S1(=O)N[C@H](Cc2ccc(-c3cccc(Cl)c3)o2)[C@H](O)c2ccccc21. The molecule has 0 radical (unpaired) electrons. The number of hydrogen-bond donors (Lipinski definition) is 2. The molecule has 2 atom stereocenters. The molecule has 1 aliphatic rings. The maximum absolute atomic E-state index is 12.4. The lowest BCUT2D eigenvalue weighted by molar-refractivity contribution is 0.129. The Hall–Kier alpha value is -2.12. The molecule has 0 saturated carbocycles. The van der Waals surface area contributed by atoms with E-state index in [0.717, 1.165) is 5.56 Å². The standard InChI is InChI=1S/C19H16ClNO4S/c20-13-5-3-4-12(10-13)17-9-8-14(25-17)11-16-19(22)15-6-1-2-7-18(15)26(23,24)21-16/h1-10,16,19,21-22H,11H2/t16-,19-/m1/s1. The Kier molecular flexibility index (Phi) is 4.36. The van der Waals surface area contributed by atoms with Crippen LogP contribution < -0.4 is 4.72 Å². The van der Waals surface area contributed by atoms with Crippen LogP contribution in [-0.2, 0) is 16.4 Å². The number of halogens is 1. The summed E-state index contributed by atoms with van der Waals surface area (Å²) in [6.07, 6.45) is -0.718. The normalized spacial score (nSPS) is 21.3. The average Bonchev–Trinajstić information content (AvgIpc) is 3.08. The molecule has 0 saturated heterocycles. The van der Waals surface area contributed by atoms with Crippen LogP contribution in [0.5, 0.6) is 0 Å². The van der Waals surface area contributed by atoms with Crippen molar-refractivity contribution in [2.24, 2.45) is 0 Å². The molecule has 2 N–H and O–H groups in total. The minimum atomic E-state index is -3.66. The van der Waals surface area contributed by atoms with Crippen molar-refractivity contribution in [1.29, 1.82) is 0 Å². The summed E-state index contributed by atoms with van der Waals surface area (Å²) in [5, 5.41) is 11.2. The molecule has 3 aromatic rings. The molecule has 2 heterocycles. The smallest absolute Gasteiger partial charge is 0.241 e. The maximum Gasteiger partial charge on any atom is 0.241 e. The molecule has 0 unspecified atom stereocenters. The fraction of sp³-hybridized carbons (Fsp3) is 0.158. The zero-order valence-corrected chi connectivity index (χ0v) is 15.2. The number of rotatable bonds is 3. The molecule has 5 nitrogen and oxygen atoms in total. The van der Waals surface area contributed by atoms with E-state index in [2.05, 4.69) is 4.72 Å². The Bertz CT molecular complexity index is 1060. The molecule has 0 spiro atoms. The molecule has 26 heavy (non-hydrogen) atoms. The highest BCUT2D eigenvalue weighted by atomic mass is 35.5. The van der Waals surface area contributed by atoms with Gasteiger partial charge in [0.15, 0.2) is 0 Å². The summed E-state index contributed by atoms with van der Waals surface area (Å²) in [4.78, 5) is 0.114. The fourth-order valence-electron chi connectivity index (χ4n) is 3.17. The van der Waals surface area contributed by atoms with Gasteiger partial charge in [-0.25, -0.2) is 13.1 Å². The number of nitrogens with one attached hydrogen (secondary N) is 1. The third kappa shape index (κ3) is 3.17. The van der Waals surface area contributed by atoms with Gasteiger partial charge in [-0.15, -0.1) is 0 Å². The molecular weight excluding hydrogens is 374 g/mol. The van der Waals surface area contributed by atoms with Crippen molar-refractivity contribution in [2.75, 3.05) is 0 Å². The first-order chi connectivity index (χ1) is 12.4. The van der Waals surface area contributed by atoms with E-state index >= 15 is 0 Å². The van der Waals surface area contributed by atoms with Gasteiger partial charge in [-0.1, -0.05) is 41.9 Å². The summed E-state index contributed by atoms with van der Waals surface area (Å²) in [6, 6.07) is 16.6. The van der Waals surface area contributed by atoms with E-state index < -0.39 is 22.2 Å². The molecule has 1 aromatic heterocycles. The average molecular weight is 390 g/mol. The number of furan rings is 1. The number of aliphatic hydroxyl groups excluding tert-OH is 1. The van der Waals surface area contributed by atoms with Crippen LogP contribution in [0.4, 0.5) is 0 Å². The molecule has 1 aliphatic heterocycles. The van der Waals surface area contributed by atoms with Crippen LogP contribution >= 0.6 is 11.6 Å².